The smallest absolute Gasteiger partial charge is 0.358 e. The third kappa shape index (κ3) is 3.87. The Labute approximate surface area is 146 Å². The molecule has 2 unspecified atom stereocenters. The van der Waals surface area contributed by atoms with Crippen molar-refractivity contribution in [1.82, 2.24) is 14.9 Å². The van der Waals surface area contributed by atoms with E-state index in [1.807, 2.05) is 0 Å². The van der Waals surface area contributed by atoms with Crippen LogP contribution in [-0.2, 0) is 11.3 Å². The van der Waals surface area contributed by atoms with Crippen LogP contribution in [0, 0.1) is 28.9 Å². The van der Waals surface area contributed by atoms with E-state index in [0.29, 0.717) is 17.7 Å². The minimum absolute atomic E-state index is 0. The fraction of sp³-hybridized carbons (Fsp3) is 0.733. The number of fused-ring (bicyclic) bond motifs is 2. The molecule has 0 aliphatic heterocycles. The number of carbonyl (C=O) groups excluding carboxylic acids is 1. The lowest BCUT2D eigenvalue weighted by atomic mass is 9.67. The molecule has 1 aromatic rings. The highest BCUT2D eigenvalue weighted by atomic mass is 35.5. The molecule has 1 aromatic heterocycles. The largest absolute Gasteiger partial charge is 0.381 e. The molecule has 2 aliphatic rings. The van der Waals surface area contributed by atoms with Crippen LogP contribution in [0.5, 0.6) is 0 Å². The van der Waals surface area contributed by atoms with E-state index in [1.54, 1.807) is 6.92 Å². The highest BCUT2D eigenvalue weighted by Crippen LogP contribution is 2.39. The van der Waals surface area contributed by atoms with Crippen LogP contribution in [0.15, 0.2) is 6.20 Å². The van der Waals surface area contributed by atoms with E-state index in [2.05, 4.69) is 10.3 Å². The molecule has 24 heavy (non-hydrogen) atoms. The Balaban J connectivity index is 0.00000208. The Morgan fingerprint density at radius 3 is 2.62 bits per heavy atom. The number of aromatic nitrogens is 2. The molecular formula is C15H24ClN5O3. The topological polar surface area (TPSA) is 116 Å². The van der Waals surface area contributed by atoms with Gasteiger partial charge in [-0.1, -0.05) is 6.42 Å². The van der Waals surface area contributed by atoms with Gasteiger partial charge in [0.05, 0.1) is 0 Å². The normalized spacial score (nSPS) is 28.8. The van der Waals surface area contributed by atoms with E-state index in [1.165, 1.54) is 17.2 Å². The third-order valence-corrected chi connectivity index (χ3v) is 5.17. The van der Waals surface area contributed by atoms with E-state index >= 15 is 0 Å². The van der Waals surface area contributed by atoms with Crippen LogP contribution in [0.1, 0.15) is 37.9 Å². The van der Waals surface area contributed by atoms with E-state index < -0.39 is 4.92 Å². The van der Waals surface area contributed by atoms with Gasteiger partial charge in [-0.2, -0.15) is 0 Å². The highest BCUT2D eigenvalue weighted by Gasteiger charge is 2.39. The van der Waals surface area contributed by atoms with Gasteiger partial charge in [-0.15, -0.1) is 12.4 Å². The Bertz CT molecular complexity index is 606. The van der Waals surface area contributed by atoms with Crippen molar-refractivity contribution in [1.29, 1.82) is 0 Å². The summed E-state index contributed by atoms with van der Waals surface area (Å²) in [6.45, 7) is 1.73. The molecular weight excluding hydrogens is 334 g/mol. The number of aryl methyl sites for hydroxylation is 1. The number of nitrogens with one attached hydrogen (secondary N) is 1. The van der Waals surface area contributed by atoms with E-state index in [4.69, 9.17) is 5.73 Å². The van der Waals surface area contributed by atoms with Gasteiger partial charge in [0, 0.05) is 19.0 Å². The van der Waals surface area contributed by atoms with Gasteiger partial charge in [-0.05, 0) is 47.4 Å². The summed E-state index contributed by atoms with van der Waals surface area (Å²) in [7, 11) is 0. The second-order valence-electron chi connectivity index (χ2n) is 6.81. The molecule has 2 bridgehead atoms. The molecule has 2 fully saturated rings. The molecule has 2 atom stereocenters. The van der Waals surface area contributed by atoms with Crippen LogP contribution >= 0.6 is 12.4 Å². The summed E-state index contributed by atoms with van der Waals surface area (Å²) in [6.07, 6.45) is 6.69. The molecule has 0 spiro atoms. The predicted molar refractivity (Wildman–Crippen MR) is 90.8 cm³/mol. The van der Waals surface area contributed by atoms with Crippen molar-refractivity contribution < 1.29 is 9.72 Å². The summed E-state index contributed by atoms with van der Waals surface area (Å²) in [6, 6.07) is 0.437. The highest BCUT2D eigenvalue weighted by molar-refractivity contribution is 5.85. The van der Waals surface area contributed by atoms with Gasteiger partial charge in [0.1, 0.15) is 12.7 Å². The van der Waals surface area contributed by atoms with Gasteiger partial charge in [0.15, 0.2) is 0 Å². The van der Waals surface area contributed by atoms with Crippen LogP contribution in [0.4, 0.5) is 5.82 Å². The molecule has 0 aromatic carbocycles. The van der Waals surface area contributed by atoms with Crippen LogP contribution in [0.2, 0.25) is 0 Å². The van der Waals surface area contributed by atoms with Crippen LogP contribution in [0.25, 0.3) is 0 Å². The van der Waals surface area contributed by atoms with E-state index in [-0.39, 0.29) is 42.8 Å². The van der Waals surface area contributed by atoms with Gasteiger partial charge in [-0.25, -0.2) is 0 Å². The number of amides is 1. The maximum Gasteiger partial charge on any atom is 0.381 e. The van der Waals surface area contributed by atoms with Gasteiger partial charge in [-0.3, -0.25) is 9.36 Å². The third-order valence-electron chi connectivity index (χ3n) is 5.17. The van der Waals surface area contributed by atoms with Crippen molar-refractivity contribution in [2.24, 2.45) is 17.6 Å². The lowest BCUT2D eigenvalue weighted by Crippen LogP contribution is -2.54. The first-order valence-electron chi connectivity index (χ1n) is 8.17. The predicted octanol–water partition coefficient (Wildman–Crippen LogP) is 1.54. The second kappa shape index (κ2) is 7.48. The fourth-order valence-electron chi connectivity index (χ4n) is 4.15. The van der Waals surface area contributed by atoms with Crippen LogP contribution in [0.3, 0.4) is 0 Å². The maximum atomic E-state index is 12.4. The zero-order valence-corrected chi connectivity index (χ0v) is 14.5. The monoisotopic (exact) mass is 357 g/mol. The number of nitrogens with two attached hydrogens (primary N) is 1. The average Bonchev–Trinajstić information content (AvgIpc) is 2.81. The summed E-state index contributed by atoms with van der Waals surface area (Å²) in [5, 5.41) is 13.9. The Morgan fingerprint density at radius 2 is 2.08 bits per heavy atom. The lowest BCUT2D eigenvalue weighted by Gasteiger charge is -2.45. The molecule has 3 rings (SSSR count). The average molecular weight is 358 g/mol. The maximum absolute atomic E-state index is 12.4. The minimum Gasteiger partial charge on any atom is -0.358 e. The molecule has 1 amide bonds. The summed E-state index contributed by atoms with van der Waals surface area (Å²) in [5.41, 5.74) is 6.10. The first kappa shape index (κ1) is 18.7. The van der Waals surface area contributed by atoms with Crippen molar-refractivity contribution in [2.45, 2.75) is 57.7 Å². The molecule has 134 valence electrons. The van der Waals surface area contributed by atoms with Gasteiger partial charge in [0.2, 0.25) is 11.7 Å². The number of hydrogen-bond acceptors (Lipinski definition) is 5. The summed E-state index contributed by atoms with van der Waals surface area (Å²) in [5.74, 6) is 1.05. The second-order valence-corrected chi connectivity index (χ2v) is 6.81. The summed E-state index contributed by atoms with van der Waals surface area (Å²) in [4.78, 5) is 26.4. The number of nitrogens with zero attached hydrogens (tertiary/aromatic N) is 3. The molecule has 3 N–H and O–H groups in total. The number of hydrogen-bond donors (Lipinski definition) is 2. The van der Waals surface area contributed by atoms with Crippen molar-refractivity contribution >= 4 is 24.1 Å². The van der Waals surface area contributed by atoms with E-state index in [9.17, 15) is 14.9 Å². The SMILES string of the molecule is Cc1nc([N+](=O)[O-])cn1CC(=O)NC1C2CCCC1CC(N)C2.Cl. The van der Waals surface area contributed by atoms with Crippen LogP contribution in [-0.4, -0.2) is 32.5 Å². The Morgan fingerprint density at radius 1 is 1.46 bits per heavy atom. The Kier molecular flexibility index (Phi) is 5.82. The number of rotatable bonds is 4. The van der Waals surface area contributed by atoms with Gasteiger partial charge in [0.25, 0.3) is 0 Å². The number of nitro groups is 1. The van der Waals surface area contributed by atoms with Crippen molar-refractivity contribution in [3.8, 4) is 0 Å². The van der Waals surface area contributed by atoms with Gasteiger partial charge < -0.3 is 21.2 Å². The van der Waals surface area contributed by atoms with Crippen LogP contribution < -0.4 is 11.1 Å². The molecule has 8 nitrogen and oxygen atoms in total. The van der Waals surface area contributed by atoms with E-state index in [0.717, 1.165) is 25.7 Å². The number of halogens is 1. The quantitative estimate of drug-likeness (QED) is 0.626. The zero-order chi connectivity index (χ0) is 16.6. The van der Waals surface area contributed by atoms with Crippen molar-refractivity contribution in [3.63, 3.8) is 0 Å². The molecule has 9 heteroatoms. The zero-order valence-electron chi connectivity index (χ0n) is 13.7. The van der Waals surface area contributed by atoms with Crippen molar-refractivity contribution in [3.05, 3.63) is 22.1 Å². The lowest BCUT2D eigenvalue weighted by molar-refractivity contribution is -0.389. The van der Waals surface area contributed by atoms with Gasteiger partial charge >= 0.3 is 5.82 Å². The standard InChI is InChI=1S/C15H23N5O3.ClH/c1-9-17-13(20(22)23)7-19(9)8-14(21)18-15-10-3-2-4-11(15)6-12(16)5-10;/h7,10-12,15H,2-6,8,16H2,1H3,(H,18,21);1H. The molecule has 1 heterocycles. The molecule has 0 radical (unpaired) electrons. The minimum atomic E-state index is -0.547. The molecule has 2 aliphatic carbocycles. The molecule has 0 saturated heterocycles. The summed E-state index contributed by atoms with van der Waals surface area (Å²) >= 11 is 0. The molecule has 2 saturated carbocycles. The Hall–Kier alpha value is -1.67. The number of imidazole rings is 1. The first-order valence-corrected chi connectivity index (χ1v) is 8.17. The number of carbonyl (C=O) groups is 1. The summed E-state index contributed by atoms with van der Waals surface area (Å²) < 4.78 is 1.53. The van der Waals surface area contributed by atoms with Crippen molar-refractivity contribution in [2.75, 3.05) is 0 Å². The fourth-order valence-corrected chi connectivity index (χ4v) is 4.15. The first-order chi connectivity index (χ1) is 10.9.